The predicted molar refractivity (Wildman–Crippen MR) is 124 cm³/mol. The topological polar surface area (TPSA) is 141 Å². The third kappa shape index (κ3) is 6.54. The number of hydrogen-bond acceptors (Lipinski definition) is 8. The maximum Gasteiger partial charge on any atom is 0.407 e. The van der Waals surface area contributed by atoms with Gasteiger partial charge in [0.1, 0.15) is 11.9 Å². The van der Waals surface area contributed by atoms with Gasteiger partial charge in [0.25, 0.3) is 5.91 Å². The number of pyridine rings is 2. The first-order chi connectivity index (χ1) is 16.3. The first-order valence-electron chi connectivity index (χ1n) is 11.0. The van der Waals surface area contributed by atoms with Gasteiger partial charge in [-0.05, 0) is 45.6 Å². The van der Waals surface area contributed by atoms with E-state index in [9.17, 15) is 14.0 Å². The van der Waals surface area contributed by atoms with Crippen LogP contribution in [0.4, 0.5) is 26.5 Å². The zero-order valence-electron chi connectivity index (χ0n) is 19.3. The number of nitrogens with zero attached hydrogens (tertiary/aromatic N) is 3. The van der Waals surface area contributed by atoms with Crippen LogP contribution in [-0.4, -0.2) is 47.2 Å². The number of hydrogen-bond donors (Lipinski definition) is 4. The van der Waals surface area contributed by atoms with Gasteiger partial charge in [-0.25, -0.2) is 19.2 Å². The summed E-state index contributed by atoms with van der Waals surface area (Å²) in [6.45, 7) is 3.87. The van der Waals surface area contributed by atoms with E-state index in [1.54, 1.807) is 6.07 Å². The zero-order chi connectivity index (χ0) is 24.7. The van der Waals surface area contributed by atoms with Crippen molar-refractivity contribution in [1.29, 1.82) is 5.26 Å². The molecule has 1 fully saturated rings. The highest BCUT2D eigenvalue weighted by molar-refractivity contribution is 6.00. The molecule has 2 amide bonds. The lowest BCUT2D eigenvalue weighted by Crippen LogP contribution is -2.43. The van der Waals surface area contributed by atoms with E-state index in [2.05, 4.69) is 36.0 Å². The Morgan fingerprint density at radius 3 is 2.38 bits per heavy atom. The Morgan fingerprint density at radius 2 is 1.79 bits per heavy atom. The normalized spacial score (nSPS) is 17.4. The van der Waals surface area contributed by atoms with Crippen molar-refractivity contribution >= 4 is 29.3 Å². The van der Waals surface area contributed by atoms with Crippen LogP contribution in [0.15, 0.2) is 24.5 Å². The number of methoxy groups -OCH3 is 1. The summed E-state index contributed by atoms with van der Waals surface area (Å²) in [5, 5.41) is 20.7. The Bertz CT molecular complexity index is 1080. The molecule has 0 saturated heterocycles. The van der Waals surface area contributed by atoms with E-state index in [4.69, 9.17) is 5.26 Å². The maximum absolute atomic E-state index is 14.2. The van der Waals surface area contributed by atoms with E-state index in [-0.39, 0.29) is 35.4 Å². The van der Waals surface area contributed by atoms with Crippen LogP contribution in [0, 0.1) is 17.1 Å². The molecule has 2 aromatic heterocycles. The van der Waals surface area contributed by atoms with Crippen LogP contribution in [0.2, 0.25) is 0 Å². The molecule has 4 N–H and O–H groups in total. The van der Waals surface area contributed by atoms with Crippen LogP contribution in [0.5, 0.6) is 0 Å². The Labute approximate surface area is 197 Å². The van der Waals surface area contributed by atoms with Crippen molar-refractivity contribution in [3.8, 4) is 6.07 Å². The number of carbonyl (C=O) groups excluding carboxylic acids is 2. The second-order valence-corrected chi connectivity index (χ2v) is 8.36. The molecule has 180 valence electrons. The predicted octanol–water partition coefficient (Wildman–Crippen LogP) is 3.45. The van der Waals surface area contributed by atoms with Gasteiger partial charge in [-0.2, -0.15) is 5.26 Å². The van der Waals surface area contributed by atoms with E-state index in [0.29, 0.717) is 17.1 Å². The molecule has 1 aliphatic carbocycles. The first-order valence-corrected chi connectivity index (χ1v) is 11.0. The quantitative estimate of drug-likeness (QED) is 0.483. The van der Waals surface area contributed by atoms with Gasteiger partial charge in [0, 0.05) is 36.6 Å². The molecular weight excluding hydrogens is 441 g/mol. The Balaban J connectivity index is 1.69. The van der Waals surface area contributed by atoms with Gasteiger partial charge >= 0.3 is 6.09 Å². The number of carbonyl (C=O) groups is 2. The fourth-order valence-electron chi connectivity index (χ4n) is 3.72. The summed E-state index contributed by atoms with van der Waals surface area (Å²) in [5.74, 6) is -0.727. The average molecular weight is 470 g/mol. The number of aromatic nitrogens is 2. The van der Waals surface area contributed by atoms with E-state index < -0.39 is 11.9 Å². The highest BCUT2D eigenvalue weighted by Gasteiger charge is 2.25. The molecule has 10 nitrogen and oxygen atoms in total. The molecule has 0 unspecified atom stereocenters. The molecule has 0 spiro atoms. The second-order valence-electron chi connectivity index (χ2n) is 8.36. The van der Waals surface area contributed by atoms with Crippen LogP contribution < -0.4 is 21.3 Å². The molecule has 0 aromatic carbocycles. The smallest absolute Gasteiger partial charge is 0.407 e. The zero-order valence-corrected chi connectivity index (χ0v) is 19.3. The summed E-state index contributed by atoms with van der Waals surface area (Å²) < 4.78 is 18.8. The minimum absolute atomic E-state index is 0.0233. The fourth-order valence-corrected chi connectivity index (χ4v) is 3.72. The summed E-state index contributed by atoms with van der Waals surface area (Å²) >= 11 is 0. The molecule has 3 rings (SSSR count). The van der Waals surface area contributed by atoms with Gasteiger partial charge < -0.3 is 26.0 Å². The molecule has 0 atom stereocenters. The molecule has 34 heavy (non-hydrogen) atoms. The molecule has 11 heteroatoms. The van der Waals surface area contributed by atoms with Crippen molar-refractivity contribution in [2.45, 2.75) is 57.7 Å². The van der Waals surface area contributed by atoms with Crippen LogP contribution in [-0.2, 0) is 4.74 Å². The molecule has 0 bridgehead atoms. The summed E-state index contributed by atoms with van der Waals surface area (Å²) in [7, 11) is 1.33. The van der Waals surface area contributed by atoms with Crippen molar-refractivity contribution in [3.63, 3.8) is 0 Å². The van der Waals surface area contributed by atoms with Gasteiger partial charge in [0.15, 0.2) is 11.6 Å². The number of ether oxygens (including phenoxy) is 1. The lowest BCUT2D eigenvalue weighted by atomic mass is 9.91. The van der Waals surface area contributed by atoms with Gasteiger partial charge in [-0.1, -0.05) is 0 Å². The van der Waals surface area contributed by atoms with E-state index in [0.717, 1.165) is 31.7 Å². The fraction of sp³-hybridized carbons (Fsp3) is 0.435. The van der Waals surface area contributed by atoms with Crippen molar-refractivity contribution in [2.24, 2.45) is 0 Å². The molecule has 1 aliphatic rings. The summed E-state index contributed by atoms with van der Waals surface area (Å²) in [4.78, 5) is 32.6. The number of alkyl carbamates (subject to hydrolysis) is 1. The number of halogens is 1. The standard InChI is InChI=1S/C23H28FN7O3/c1-13(2)28-19-9-20(31-21-18(24)8-14(10-25)11-27-21)26-12-17(19)22(32)29-15-4-6-16(7-5-15)30-23(33)34-3/h8-9,11-13,15-16H,4-7H2,1-3H3,(H,29,32)(H,30,33)(H2,26,27,28,31). The van der Waals surface area contributed by atoms with Crippen molar-refractivity contribution < 1.29 is 18.7 Å². The minimum atomic E-state index is -0.682. The third-order valence-electron chi connectivity index (χ3n) is 5.38. The minimum Gasteiger partial charge on any atom is -0.453 e. The third-order valence-corrected chi connectivity index (χ3v) is 5.38. The summed E-state index contributed by atoms with van der Waals surface area (Å²) in [6.07, 6.45) is 5.16. The van der Waals surface area contributed by atoms with Crippen LogP contribution in [0.3, 0.4) is 0 Å². The van der Waals surface area contributed by atoms with Crippen LogP contribution >= 0.6 is 0 Å². The van der Waals surface area contributed by atoms with E-state index in [1.807, 2.05) is 19.9 Å². The van der Waals surface area contributed by atoms with Crippen molar-refractivity contribution in [2.75, 3.05) is 17.7 Å². The average Bonchev–Trinajstić information content (AvgIpc) is 2.81. The number of nitrogens with one attached hydrogen (secondary N) is 4. The molecule has 0 aliphatic heterocycles. The van der Waals surface area contributed by atoms with Crippen LogP contribution in [0.1, 0.15) is 55.5 Å². The van der Waals surface area contributed by atoms with E-state index in [1.165, 1.54) is 19.5 Å². The largest absolute Gasteiger partial charge is 0.453 e. The highest BCUT2D eigenvalue weighted by atomic mass is 19.1. The van der Waals surface area contributed by atoms with Crippen molar-refractivity contribution in [3.05, 3.63) is 41.5 Å². The molecule has 1 saturated carbocycles. The van der Waals surface area contributed by atoms with Gasteiger partial charge in [0.2, 0.25) is 0 Å². The highest BCUT2D eigenvalue weighted by Crippen LogP contribution is 2.25. The number of nitriles is 1. The Kier molecular flexibility index (Phi) is 8.19. The second kappa shape index (κ2) is 11.3. The summed E-state index contributed by atoms with van der Waals surface area (Å²) in [6, 6.07) is 4.57. The van der Waals surface area contributed by atoms with Crippen molar-refractivity contribution in [1.82, 2.24) is 20.6 Å². The maximum atomic E-state index is 14.2. The molecule has 0 radical (unpaired) electrons. The van der Waals surface area contributed by atoms with Crippen LogP contribution in [0.25, 0.3) is 0 Å². The number of amides is 2. The number of rotatable bonds is 7. The molecular formula is C23H28FN7O3. The first kappa shape index (κ1) is 24.7. The van der Waals surface area contributed by atoms with E-state index >= 15 is 0 Å². The molecule has 2 aromatic rings. The lowest BCUT2D eigenvalue weighted by molar-refractivity contribution is 0.0923. The SMILES string of the molecule is COC(=O)NC1CCC(NC(=O)c2cnc(Nc3ncc(C#N)cc3F)cc2NC(C)C)CC1. The van der Waals surface area contributed by atoms with Gasteiger partial charge in [0.05, 0.1) is 23.9 Å². The lowest BCUT2D eigenvalue weighted by Gasteiger charge is -2.29. The summed E-state index contributed by atoms with van der Waals surface area (Å²) in [5.41, 5.74) is 1.02. The van der Waals surface area contributed by atoms with Gasteiger partial charge in [-0.15, -0.1) is 0 Å². The molecule has 2 heterocycles. The monoisotopic (exact) mass is 469 g/mol. The Morgan fingerprint density at radius 1 is 1.12 bits per heavy atom. The Hall–Kier alpha value is -3.94. The van der Waals surface area contributed by atoms with Gasteiger partial charge in [-0.3, -0.25) is 4.79 Å². The number of anilines is 3.